The third kappa shape index (κ3) is 2.29. The van der Waals surface area contributed by atoms with Crippen molar-refractivity contribution in [2.45, 2.75) is 25.2 Å². The van der Waals surface area contributed by atoms with E-state index in [0.29, 0.717) is 5.92 Å². The molecule has 0 saturated heterocycles. The highest BCUT2D eigenvalue weighted by Gasteiger charge is 2.29. The highest BCUT2D eigenvalue weighted by Crippen LogP contribution is 2.41. The van der Waals surface area contributed by atoms with Crippen molar-refractivity contribution in [3.8, 4) is 0 Å². The third-order valence-corrected chi connectivity index (χ3v) is 4.50. The number of benzene rings is 1. The zero-order valence-electron chi connectivity index (χ0n) is 11.5. The molecule has 0 radical (unpaired) electrons. The average molecular weight is 311 g/mol. The van der Waals surface area contributed by atoms with Crippen LogP contribution in [0.4, 0.5) is 5.88 Å². The van der Waals surface area contributed by atoms with Crippen molar-refractivity contribution in [3.05, 3.63) is 45.1 Å². The van der Waals surface area contributed by atoms with E-state index in [0.717, 1.165) is 46.4 Å². The van der Waals surface area contributed by atoms with Crippen LogP contribution in [0.5, 0.6) is 0 Å². The Morgan fingerprint density at radius 2 is 1.95 bits per heavy atom. The van der Waals surface area contributed by atoms with Crippen molar-refractivity contribution in [3.63, 3.8) is 0 Å². The second-order valence-electron chi connectivity index (χ2n) is 5.38. The number of halogens is 2. The molecule has 1 aliphatic rings. The average Bonchev–Trinajstić information content (AvgIpc) is 2.81. The van der Waals surface area contributed by atoms with Gasteiger partial charge in [-0.1, -0.05) is 34.4 Å². The SMILES string of the molecule is CN(C)c1onc2c1CC(c1c(Cl)cccc1Cl)CC2. The summed E-state index contributed by atoms with van der Waals surface area (Å²) in [6.07, 6.45) is 2.77. The number of hydrogen-bond acceptors (Lipinski definition) is 3. The summed E-state index contributed by atoms with van der Waals surface area (Å²) in [6.45, 7) is 0. The van der Waals surface area contributed by atoms with Crippen LogP contribution >= 0.6 is 23.2 Å². The van der Waals surface area contributed by atoms with E-state index in [1.807, 2.05) is 37.2 Å². The Morgan fingerprint density at radius 1 is 1.25 bits per heavy atom. The van der Waals surface area contributed by atoms with Gasteiger partial charge in [-0.2, -0.15) is 0 Å². The van der Waals surface area contributed by atoms with Gasteiger partial charge in [0.2, 0.25) is 5.88 Å². The molecule has 1 unspecified atom stereocenters. The van der Waals surface area contributed by atoms with Gasteiger partial charge in [-0.3, -0.25) is 0 Å². The summed E-state index contributed by atoms with van der Waals surface area (Å²) in [5, 5.41) is 5.66. The van der Waals surface area contributed by atoms with Crippen LogP contribution in [0.1, 0.15) is 29.2 Å². The molecule has 0 bridgehead atoms. The maximum atomic E-state index is 6.33. The lowest BCUT2D eigenvalue weighted by molar-refractivity contribution is 0.415. The molecule has 5 heteroatoms. The predicted molar refractivity (Wildman–Crippen MR) is 82.1 cm³/mol. The lowest BCUT2D eigenvalue weighted by Crippen LogP contribution is -2.16. The summed E-state index contributed by atoms with van der Waals surface area (Å²) in [5.74, 6) is 1.16. The Balaban J connectivity index is 1.98. The number of aryl methyl sites for hydroxylation is 1. The highest BCUT2D eigenvalue weighted by molar-refractivity contribution is 6.36. The molecule has 20 heavy (non-hydrogen) atoms. The lowest BCUT2D eigenvalue weighted by Gasteiger charge is -2.24. The summed E-state index contributed by atoms with van der Waals surface area (Å²) < 4.78 is 5.43. The number of aromatic nitrogens is 1. The largest absolute Gasteiger partial charge is 0.347 e. The molecule has 1 heterocycles. The number of hydrogen-bond donors (Lipinski definition) is 0. The fourth-order valence-electron chi connectivity index (χ4n) is 2.89. The van der Waals surface area contributed by atoms with E-state index in [4.69, 9.17) is 27.7 Å². The first kappa shape index (κ1) is 13.8. The van der Waals surface area contributed by atoms with E-state index < -0.39 is 0 Å². The topological polar surface area (TPSA) is 29.3 Å². The molecule has 3 nitrogen and oxygen atoms in total. The second kappa shape index (κ2) is 5.30. The monoisotopic (exact) mass is 310 g/mol. The van der Waals surface area contributed by atoms with E-state index in [1.165, 1.54) is 5.56 Å². The highest BCUT2D eigenvalue weighted by atomic mass is 35.5. The molecule has 1 aliphatic carbocycles. The van der Waals surface area contributed by atoms with E-state index >= 15 is 0 Å². The van der Waals surface area contributed by atoms with Gasteiger partial charge in [0.25, 0.3) is 0 Å². The molecule has 1 atom stereocenters. The van der Waals surface area contributed by atoms with Crippen molar-refractivity contribution < 1.29 is 4.52 Å². The molecule has 0 saturated carbocycles. The summed E-state index contributed by atoms with van der Waals surface area (Å²) in [6, 6.07) is 5.69. The van der Waals surface area contributed by atoms with E-state index in [1.54, 1.807) is 0 Å². The van der Waals surface area contributed by atoms with Gasteiger partial charge in [-0.05, 0) is 42.9 Å². The molecule has 1 aromatic heterocycles. The van der Waals surface area contributed by atoms with E-state index in [2.05, 4.69) is 5.16 Å². The Morgan fingerprint density at radius 3 is 2.60 bits per heavy atom. The molecule has 0 fully saturated rings. The standard InChI is InChI=1S/C15H16Cl2N2O/c1-19(2)15-10-8-9(6-7-13(10)18-20-15)14-11(16)4-3-5-12(14)17/h3-5,9H,6-8H2,1-2H3. The van der Waals surface area contributed by atoms with Crippen molar-refractivity contribution in [2.24, 2.45) is 0 Å². The van der Waals surface area contributed by atoms with Crippen LogP contribution in [-0.2, 0) is 12.8 Å². The summed E-state index contributed by atoms with van der Waals surface area (Å²) >= 11 is 12.7. The first-order valence-corrected chi connectivity index (χ1v) is 7.42. The van der Waals surface area contributed by atoms with Gasteiger partial charge in [0.15, 0.2) is 0 Å². The zero-order chi connectivity index (χ0) is 14.3. The molecular weight excluding hydrogens is 295 g/mol. The maximum Gasteiger partial charge on any atom is 0.230 e. The molecule has 106 valence electrons. The van der Waals surface area contributed by atoms with Crippen LogP contribution in [0.25, 0.3) is 0 Å². The zero-order valence-corrected chi connectivity index (χ0v) is 13.0. The Hall–Kier alpha value is -1.19. The van der Waals surface area contributed by atoms with Gasteiger partial charge < -0.3 is 9.42 Å². The number of fused-ring (bicyclic) bond motifs is 1. The van der Waals surface area contributed by atoms with Gasteiger partial charge in [0.05, 0.1) is 5.69 Å². The van der Waals surface area contributed by atoms with Crippen molar-refractivity contribution in [1.82, 2.24) is 5.16 Å². The Bertz CT molecular complexity index is 617. The first-order valence-electron chi connectivity index (χ1n) is 6.66. The van der Waals surface area contributed by atoms with Crippen LogP contribution in [0, 0.1) is 0 Å². The van der Waals surface area contributed by atoms with Crippen LogP contribution in [-0.4, -0.2) is 19.3 Å². The van der Waals surface area contributed by atoms with Crippen LogP contribution in [0.15, 0.2) is 22.7 Å². The summed E-state index contributed by atoms with van der Waals surface area (Å²) in [4.78, 5) is 1.96. The van der Waals surface area contributed by atoms with E-state index in [9.17, 15) is 0 Å². The molecule has 3 rings (SSSR count). The molecule has 2 aromatic rings. The number of nitrogens with zero attached hydrogens (tertiary/aromatic N) is 2. The van der Waals surface area contributed by atoms with Gasteiger partial charge >= 0.3 is 0 Å². The van der Waals surface area contributed by atoms with Crippen LogP contribution in [0.2, 0.25) is 10.0 Å². The Kier molecular flexibility index (Phi) is 3.65. The fraction of sp³-hybridized carbons (Fsp3) is 0.400. The minimum Gasteiger partial charge on any atom is -0.347 e. The smallest absolute Gasteiger partial charge is 0.230 e. The summed E-state index contributed by atoms with van der Waals surface area (Å²) in [5.41, 5.74) is 3.29. The molecule has 0 amide bonds. The number of rotatable bonds is 2. The van der Waals surface area contributed by atoms with Gasteiger partial charge in [-0.15, -0.1) is 0 Å². The Labute approximate surface area is 128 Å². The molecule has 1 aromatic carbocycles. The van der Waals surface area contributed by atoms with Gasteiger partial charge in [0, 0.05) is 29.7 Å². The van der Waals surface area contributed by atoms with Crippen molar-refractivity contribution in [1.29, 1.82) is 0 Å². The quantitative estimate of drug-likeness (QED) is 0.827. The van der Waals surface area contributed by atoms with Gasteiger partial charge in [-0.25, -0.2) is 0 Å². The van der Waals surface area contributed by atoms with Gasteiger partial charge in [0.1, 0.15) is 0 Å². The fourth-order valence-corrected chi connectivity index (χ4v) is 3.60. The first-order chi connectivity index (χ1) is 9.58. The third-order valence-electron chi connectivity index (χ3n) is 3.84. The van der Waals surface area contributed by atoms with Crippen molar-refractivity contribution >= 4 is 29.1 Å². The molecule has 0 N–H and O–H groups in total. The maximum absolute atomic E-state index is 6.33. The van der Waals surface area contributed by atoms with E-state index in [-0.39, 0.29) is 0 Å². The second-order valence-corrected chi connectivity index (χ2v) is 6.20. The molecule has 0 spiro atoms. The summed E-state index contributed by atoms with van der Waals surface area (Å²) in [7, 11) is 3.93. The van der Waals surface area contributed by atoms with Crippen LogP contribution in [0.3, 0.4) is 0 Å². The minimum absolute atomic E-state index is 0.321. The predicted octanol–water partition coefficient (Wildman–Crippen LogP) is 4.32. The number of anilines is 1. The molecular formula is C15H16Cl2N2O. The molecule has 0 aliphatic heterocycles. The van der Waals surface area contributed by atoms with Crippen molar-refractivity contribution in [2.75, 3.05) is 19.0 Å². The lowest BCUT2D eigenvalue weighted by atomic mass is 9.82. The minimum atomic E-state index is 0.321. The normalized spacial score (nSPS) is 17.9. The van der Waals surface area contributed by atoms with Crippen LogP contribution < -0.4 is 4.90 Å².